The van der Waals surface area contributed by atoms with E-state index in [9.17, 15) is 4.79 Å². The second-order valence-electron chi connectivity index (χ2n) is 8.09. The van der Waals surface area contributed by atoms with Crippen molar-refractivity contribution in [1.82, 2.24) is 24.6 Å². The van der Waals surface area contributed by atoms with Gasteiger partial charge in [0.1, 0.15) is 11.6 Å². The number of aromatic nitrogens is 3. The molecule has 2 aromatic rings. The van der Waals surface area contributed by atoms with Crippen LogP contribution in [0.5, 0.6) is 5.75 Å². The Bertz CT molecular complexity index is 859. The van der Waals surface area contributed by atoms with Gasteiger partial charge in [-0.1, -0.05) is 11.8 Å². The molecule has 0 N–H and O–H groups in total. The zero-order valence-electron chi connectivity index (χ0n) is 18.3. The molecular weight excluding hydrogens is 414 g/mol. The summed E-state index contributed by atoms with van der Waals surface area (Å²) in [6.07, 6.45) is 2.16. The number of carbonyl (C=O) groups is 1. The summed E-state index contributed by atoms with van der Waals surface area (Å²) < 4.78 is 12.7. The van der Waals surface area contributed by atoms with Crippen molar-refractivity contribution in [2.45, 2.75) is 24.9 Å². The van der Waals surface area contributed by atoms with Gasteiger partial charge in [-0.3, -0.25) is 14.3 Å². The van der Waals surface area contributed by atoms with Gasteiger partial charge in [0.05, 0.1) is 26.1 Å². The molecular formula is C22H31N5O3S. The molecule has 0 atom stereocenters. The molecule has 0 aliphatic carbocycles. The van der Waals surface area contributed by atoms with E-state index in [2.05, 4.69) is 15.1 Å². The average molecular weight is 446 g/mol. The van der Waals surface area contributed by atoms with Gasteiger partial charge < -0.3 is 14.4 Å². The number of aryl methyl sites for hydroxylation is 1. The number of morpholine rings is 1. The molecule has 8 nitrogen and oxygen atoms in total. The lowest BCUT2D eigenvalue weighted by atomic mass is 9.96. The second kappa shape index (κ2) is 10.5. The van der Waals surface area contributed by atoms with Crippen LogP contribution in [0.4, 0.5) is 0 Å². The lowest BCUT2D eigenvalue weighted by Gasteiger charge is -2.36. The standard InChI is InChI=1S/C22H31N5O3S/c1-17-23-24-22(27(17)19-3-5-20(29-2)6-4-19)31-16-21(28)26-9-7-18(8-10-26)15-25-11-13-30-14-12-25/h3-6,18H,7-16H2,1-2H3. The molecule has 0 saturated carbocycles. The number of amides is 1. The van der Waals surface area contributed by atoms with Gasteiger partial charge in [0.25, 0.3) is 0 Å². The molecule has 3 heterocycles. The van der Waals surface area contributed by atoms with Gasteiger partial charge >= 0.3 is 0 Å². The highest BCUT2D eigenvalue weighted by Gasteiger charge is 2.25. The number of ether oxygens (including phenoxy) is 2. The number of methoxy groups -OCH3 is 1. The predicted molar refractivity (Wildman–Crippen MR) is 120 cm³/mol. The van der Waals surface area contributed by atoms with E-state index in [1.165, 1.54) is 11.8 Å². The Kier molecular flexibility index (Phi) is 7.47. The first-order chi connectivity index (χ1) is 15.1. The average Bonchev–Trinajstić information content (AvgIpc) is 3.19. The first-order valence-corrected chi connectivity index (χ1v) is 11.9. The van der Waals surface area contributed by atoms with E-state index in [0.717, 1.165) is 81.2 Å². The molecule has 2 aliphatic heterocycles. The van der Waals surface area contributed by atoms with E-state index >= 15 is 0 Å². The molecule has 2 fully saturated rings. The Morgan fingerprint density at radius 1 is 1.13 bits per heavy atom. The largest absolute Gasteiger partial charge is 0.497 e. The van der Waals surface area contributed by atoms with Crippen molar-refractivity contribution in [3.05, 3.63) is 30.1 Å². The van der Waals surface area contributed by atoms with Gasteiger partial charge in [0, 0.05) is 38.4 Å². The Morgan fingerprint density at radius 2 is 1.84 bits per heavy atom. The summed E-state index contributed by atoms with van der Waals surface area (Å²) >= 11 is 1.45. The third-order valence-corrected chi connectivity index (χ3v) is 6.95. The highest BCUT2D eigenvalue weighted by atomic mass is 32.2. The van der Waals surface area contributed by atoms with Crippen molar-refractivity contribution in [2.24, 2.45) is 5.92 Å². The van der Waals surface area contributed by atoms with Crippen molar-refractivity contribution in [3.8, 4) is 11.4 Å². The van der Waals surface area contributed by atoms with E-state index in [1.807, 2.05) is 40.7 Å². The zero-order chi connectivity index (χ0) is 21.6. The number of piperidine rings is 1. The SMILES string of the molecule is COc1ccc(-n2c(C)nnc2SCC(=O)N2CCC(CN3CCOCC3)CC2)cc1. The van der Waals surface area contributed by atoms with E-state index in [0.29, 0.717) is 11.7 Å². The Hall–Kier alpha value is -2.10. The van der Waals surface area contributed by atoms with Crippen LogP contribution in [0.1, 0.15) is 18.7 Å². The molecule has 0 spiro atoms. The molecule has 1 aromatic carbocycles. The maximum absolute atomic E-state index is 12.8. The lowest BCUT2D eigenvalue weighted by Crippen LogP contribution is -2.44. The fraction of sp³-hybridized carbons (Fsp3) is 0.591. The van der Waals surface area contributed by atoms with Crippen LogP contribution in [-0.2, 0) is 9.53 Å². The third kappa shape index (κ3) is 5.58. The predicted octanol–water partition coefficient (Wildman–Crippen LogP) is 2.25. The van der Waals surface area contributed by atoms with Gasteiger partial charge in [0.2, 0.25) is 5.91 Å². The number of rotatable bonds is 7. The molecule has 0 bridgehead atoms. The molecule has 1 amide bonds. The summed E-state index contributed by atoms with van der Waals surface area (Å²) in [6.45, 7) is 8.49. The molecule has 9 heteroatoms. The fourth-order valence-corrected chi connectivity index (χ4v) is 5.10. The maximum atomic E-state index is 12.8. The lowest BCUT2D eigenvalue weighted by molar-refractivity contribution is -0.129. The van der Waals surface area contributed by atoms with Gasteiger partial charge in [-0.25, -0.2) is 0 Å². The topological polar surface area (TPSA) is 72.7 Å². The summed E-state index contributed by atoms with van der Waals surface area (Å²) in [6, 6.07) is 7.77. The number of carbonyl (C=O) groups excluding carboxylic acids is 1. The van der Waals surface area contributed by atoms with Crippen LogP contribution in [0.2, 0.25) is 0 Å². The van der Waals surface area contributed by atoms with Crippen LogP contribution in [0, 0.1) is 12.8 Å². The smallest absolute Gasteiger partial charge is 0.233 e. The second-order valence-corrected chi connectivity index (χ2v) is 9.03. The van der Waals surface area contributed by atoms with Crippen molar-refractivity contribution in [2.75, 3.05) is 58.8 Å². The first kappa shape index (κ1) is 22.1. The van der Waals surface area contributed by atoms with E-state index in [1.54, 1.807) is 7.11 Å². The van der Waals surface area contributed by atoms with Gasteiger partial charge in [-0.05, 0) is 49.9 Å². The van der Waals surface area contributed by atoms with Gasteiger partial charge in [0.15, 0.2) is 5.16 Å². The zero-order valence-corrected chi connectivity index (χ0v) is 19.1. The number of nitrogens with zero attached hydrogens (tertiary/aromatic N) is 5. The van der Waals surface area contributed by atoms with Crippen LogP contribution >= 0.6 is 11.8 Å². The Morgan fingerprint density at radius 3 is 2.52 bits per heavy atom. The van der Waals surface area contributed by atoms with Crippen LogP contribution in [0.15, 0.2) is 29.4 Å². The third-order valence-electron chi connectivity index (χ3n) is 6.04. The van der Waals surface area contributed by atoms with Crippen molar-refractivity contribution >= 4 is 17.7 Å². The maximum Gasteiger partial charge on any atom is 0.233 e. The summed E-state index contributed by atoms with van der Waals surface area (Å²) in [4.78, 5) is 17.3. The summed E-state index contributed by atoms with van der Waals surface area (Å²) in [5, 5.41) is 9.24. The fourth-order valence-electron chi connectivity index (χ4n) is 4.20. The van der Waals surface area contributed by atoms with Crippen molar-refractivity contribution in [3.63, 3.8) is 0 Å². The molecule has 2 saturated heterocycles. The molecule has 0 unspecified atom stereocenters. The van der Waals surface area contributed by atoms with Crippen LogP contribution < -0.4 is 4.74 Å². The minimum atomic E-state index is 0.178. The highest BCUT2D eigenvalue weighted by Crippen LogP contribution is 2.25. The molecule has 1 aromatic heterocycles. The Balaban J connectivity index is 1.28. The van der Waals surface area contributed by atoms with Crippen molar-refractivity contribution < 1.29 is 14.3 Å². The normalized spacial score (nSPS) is 18.3. The van der Waals surface area contributed by atoms with E-state index in [4.69, 9.17) is 9.47 Å². The quantitative estimate of drug-likeness (QED) is 0.605. The molecule has 2 aliphatic rings. The number of hydrogen-bond acceptors (Lipinski definition) is 7. The molecule has 0 radical (unpaired) electrons. The number of thioether (sulfide) groups is 1. The Labute approximate surface area is 187 Å². The molecule has 31 heavy (non-hydrogen) atoms. The minimum Gasteiger partial charge on any atom is -0.497 e. The molecule has 4 rings (SSSR count). The number of likely N-dealkylation sites (tertiary alicyclic amines) is 1. The summed E-state index contributed by atoms with van der Waals surface area (Å²) in [5.74, 6) is 2.83. The highest BCUT2D eigenvalue weighted by molar-refractivity contribution is 7.99. The minimum absolute atomic E-state index is 0.178. The summed E-state index contributed by atoms with van der Waals surface area (Å²) in [7, 11) is 1.65. The molecule has 168 valence electrons. The van der Waals surface area contributed by atoms with Crippen LogP contribution in [0.25, 0.3) is 5.69 Å². The van der Waals surface area contributed by atoms with E-state index < -0.39 is 0 Å². The number of hydrogen-bond donors (Lipinski definition) is 0. The number of benzene rings is 1. The van der Waals surface area contributed by atoms with Crippen LogP contribution in [0.3, 0.4) is 0 Å². The summed E-state index contributed by atoms with van der Waals surface area (Å²) in [5.41, 5.74) is 0.960. The van der Waals surface area contributed by atoms with Gasteiger partial charge in [-0.2, -0.15) is 0 Å². The first-order valence-electron chi connectivity index (χ1n) is 10.9. The van der Waals surface area contributed by atoms with Gasteiger partial charge in [-0.15, -0.1) is 10.2 Å². The monoisotopic (exact) mass is 445 g/mol. The van der Waals surface area contributed by atoms with Crippen LogP contribution in [-0.4, -0.2) is 89.3 Å². The van der Waals surface area contributed by atoms with E-state index in [-0.39, 0.29) is 5.91 Å². The van der Waals surface area contributed by atoms with Crippen molar-refractivity contribution in [1.29, 1.82) is 0 Å².